The monoisotopic (exact) mass is 462 g/mol. The number of carbonyl (C=O) groups is 1. The zero-order valence-corrected chi connectivity index (χ0v) is 18.5. The largest absolute Gasteiger partial charge is 0.493 e. The normalized spacial score (nSPS) is 10.5. The lowest BCUT2D eigenvalue weighted by atomic mass is 10.2. The predicted octanol–water partition coefficient (Wildman–Crippen LogP) is 6.08. The topological polar surface area (TPSA) is 59.6 Å². The first-order valence-corrected chi connectivity index (χ1v) is 10.2. The van der Waals surface area contributed by atoms with Crippen molar-refractivity contribution < 1.29 is 18.7 Å². The second-order valence-electron chi connectivity index (χ2n) is 6.79. The fourth-order valence-corrected chi connectivity index (χ4v) is 3.27. The molecule has 0 saturated heterocycles. The van der Waals surface area contributed by atoms with E-state index in [9.17, 15) is 9.18 Å². The van der Waals surface area contributed by atoms with Crippen LogP contribution in [0.3, 0.4) is 0 Å². The highest BCUT2D eigenvalue weighted by atomic mass is 35.5. The van der Waals surface area contributed by atoms with Gasteiger partial charge in [0.15, 0.2) is 18.1 Å². The maximum Gasteiger partial charge on any atom is 0.262 e. The molecule has 162 valence electrons. The van der Waals surface area contributed by atoms with Crippen LogP contribution >= 0.6 is 23.2 Å². The minimum absolute atomic E-state index is 0.0354. The molecule has 0 spiro atoms. The Balaban J connectivity index is 1.63. The number of ether oxygens (including phenoxy) is 2. The molecule has 0 atom stereocenters. The molecule has 2 N–H and O–H groups in total. The SMILES string of the molecule is COc1cc(CNc2ccc(F)c(Cl)c2)cc(Cl)c1OCC(=O)Nc1ccc(C)cc1. The first kappa shape index (κ1) is 22.7. The van der Waals surface area contributed by atoms with Gasteiger partial charge in [-0.3, -0.25) is 4.79 Å². The predicted molar refractivity (Wildman–Crippen MR) is 122 cm³/mol. The summed E-state index contributed by atoms with van der Waals surface area (Å²) in [4.78, 5) is 12.2. The average molecular weight is 463 g/mol. The molecule has 5 nitrogen and oxygen atoms in total. The van der Waals surface area contributed by atoms with Gasteiger partial charge in [0.1, 0.15) is 5.82 Å². The Morgan fingerprint density at radius 1 is 1.00 bits per heavy atom. The van der Waals surface area contributed by atoms with Crippen LogP contribution in [0.1, 0.15) is 11.1 Å². The van der Waals surface area contributed by atoms with Gasteiger partial charge in [-0.1, -0.05) is 40.9 Å². The lowest BCUT2D eigenvalue weighted by Gasteiger charge is -2.15. The number of aryl methyl sites for hydroxylation is 1. The lowest BCUT2D eigenvalue weighted by Crippen LogP contribution is -2.20. The van der Waals surface area contributed by atoms with E-state index >= 15 is 0 Å². The fraction of sp³-hybridized carbons (Fsp3) is 0.174. The van der Waals surface area contributed by atoms with Crippen molar-refractivity contribution in [3.8, 4) is 11.5 Å². The van der Waals surface area contributed by atoms with E-state index in [1.807, 2.05) is 31.2 Å². The standard InChI is InChI=1S/C23H21Cl2FN2O3/c1-14-3-5-16(6-4-14)28-22(29)13-31-23-19(25)9-15(10-21(23)30-2)12-27-17-7-8-20(26)18(24)11-17/h3-11,27H,12-13H2,1-2H3,(H,28,29). The number of hydrogen-bond acceptors (Lipinski definition) is 4. The molecule has 0 aromatic heterocycles. The van der Waals surface area contributed by atoms with E-state index in [4.69, 9.17) is 32.7 Å². The Bertz CT molecular complexity index is 1080. The van der Waals surface area contributed by atoms with Crippen molar-refractivity contribution in [2.24, 2.45) is 0 Å². The summed E-state index contributed by atoms with van der Waals surface area (Å²) in [5.74, 6) is -0.132. The van der Waals surface area contributed by atoms with Crippen molar-refractivity contribution >= 4 is 40.5 Å². The van der Waals surface area contributed by atoms with Crippen molar-refractivity contribution in [1.29, 1.82) is 0 Å². The number of hydrogen-bond donors (Lipinski definition) is 2. The zero-order valence-electron chi connectivity index (χ0n) is 17.0. The van der Waals surface area contributed by atoms with E-state index in [2.05, 4.69) is 10.6 Å². The summed E-state index contributed by atoms with van der Waals surface area (Å²) >= 11 is 12.2. The molecule has 3 aromatic rings. The van der Waals surface area contributed by atoms with Crippen LogP contribution in [0, 0.1) is 12.7 Å². The molecule has 0 bridgehead atoms. The summed E-state index contributed by atoms with van der Waals surface area (Å²) < 4.78 is 24.3. The van der Waals surface area contributed by atoms with E-state index in [0.29, 0.717) is 28.7 Å². The Kier molecular flexibility index (Phi) is 7.60. The maximum atomic E-state index is 13.3. The van der Waals surface area contributed by atoms with Gasteiger partial charge >= 0.3 is 0 Å². The Hall–Kier alpha value is -2.96. The molecule has 0 fully saturated rings. The molecule has 0 radical (unpaired) electrons. The van der Waals surface area contributed by atoms with E-state index in [0.717, 1.165) is 11.1 Å². The lowest BCUT2D eigenvalue weighted by molar-refractivity contribution is -0.118. The van der Waals surface area contributed by atoms with E-state index in [1.54, 1.807) is 18.2 Å². The van der Waals surface area contributed by atoms with Gasteiger partial charge in [-0.15, -0.1) is 0 Å². The van der Waals surface area contributed by atoms with Gasteiger partial charge < -0.3 is 20.1 Å². The summed E-state index contributed by atoms with van der Waals surface area (Å²) in [6.07, 6.45) is 0. The first-order chi connectivity index (χ1) is 14.9. The zero-order chi connectivity index (χ0) is 22.4. The molecule has 0 aliphatic carbocycles. The molecule has 0 heterocycles. The van der Waals surface area contributed by atoms with Gasteiger partial charge in [-0.25, -0.2) is 4.39 Å². The molecule has 31 heavy (non-hydrogen) atoms. The summed E-state index contributed by atoms with van der Waals surface area (Å²) in [6, 6.07) is 15.3. The molecule has 3 rings (SSSR count). The second-order valence-corrected chi connectivity index (χ2v) is 7.61. The van der Waals surface area contributed by atoms with Crippen LogP contribution < -0.4 is 20.1 Å². The highest BCUT2D eigenvalue weighted by Crippen LogP contribution is 2.36. The first-order valence-electron chi connectivity index (χ1n) is 9.40. The number of nitrogens with one attached hydrogen (secondary N) is 2. The summed E-state index contributed by atoms with van der Waals surface area (Å²) in [7, 11) is 1.49. The quantitative estimate of drug-likeness (QED) is 0.425. The number of amides is 1. The number of anilines is 2. The van der Waals surface area contributed by atoms with Crippen molar-refractivity contribution in [3.63, 3.8) is 0 Å². The molecule has 3 aromatic carbocycles. The van der Waals surface area contributed by atoms with Crippen LogP contribution in [0.4, 0.5) is 15.8 Å². The molecule has 0 saturated carbocycles. The minimum Gasteiger partial charge on any atom is -0.493 e. The van der Waals surface area contributed by atoms with Gasteiger partial charge in [-0.05, 0) is 55.0 Å². The third-order valence-corrected chi connectivity index (χ3v) is 4.96. The molecule has 1 amide bonds. The minimum atomic E-state index is -0.482. The van der Waals surface area contributed by atoms with Gasteiger partial charge in [0, 0.05) is 17.9 Å². The van der Waals surface area contributed by atoms with E-state index < -0.39 is 5.82 Å². The van der Waals surface area contributed by atoms with Crippen molar-refractivity contribution in [2.45, 2.75) is 13.5 Å². The molecule has 0 unspecified atom stereocenters. The second kappa shape index (κ2) is 10.4. The number of methoxy groups -OCH3 is 1. The Morgan fingerprint density at radius 2 is 1.71 bits per heavy atom. The molecular weight excluding hydrogens is 442 g/mol. The van der Waals surface area contributed by atoms with Gasteiger partial charge in [-0.2, -0.15) is 0 Å². The third kappa shape index (κ3) is 6.26. The van der Waals surface area contributed by atoms with Gasteiger partial charge in [0.25, 0.3) is 5.91 Å². The number of benzene rings is 3. The summed E-state index contributed by atoms with van der Waals surface area (Å²) in [6.45, 7) is 2.14. The van der Waals surface area contributed by atoms with Crippen LogP contribution in [0.25, 0.3) is 0 Å². The Labute approximate surface area is 190 Å². The number of rotatable bonds is 8. The Morgan fingerprint density at radius 3 is 2.39 bits per heavy atom. The van der Waals surface area contributed by atoms with Crippen molar-refractivity contribution in [1.82, 2.24) is 0 Å². The van der Waals surface area contributed by atoms with Crippen LogP contribution in [0.2, 0.25) is 10.0 Å². The highest BCUT2D eigenvalue weighted by molar-refractivity contribution is 6.32. The van der Waals surface area contributed by atoms with Crippen molar-refractivity contribution in [2.75, 3.05) is 24.4 Å². The number of halogens is 3. The fourth-order valence-electron chi connectivity index (χ4n) is 2.80. The highest BCUT2D eigenvalue weighted by Gasteiger charge is 2.14. The maximum absolute atomic E-state index is 13.3. The van der Waals surface area contributed by atoms with Crippen LogP contribution in [-0.4, -0.2) is 19.6 Å². The smallest absolute Gasteiger partial charge is 0.262 e. The van der Waals surface area contributed by atoms with Crippen molar-refractivity contribution in [3.05, 3.63) is 81.6 Å². The third-order valence-electron chi connectivity index (χ3n) is 4.39. The number of carbonyl (C=O) groups excluding carboxylic acids is 1. The molecule has 0 aliphatic heterocycles. The van der Waals surface area contributed by atoms with Crippen LogP contribution in [0.5, 0.6) is 11.5 Å². The van der Waals surface area contributed by atoms with Gasteiger partial charge in [0.2, 0.25) is 0 Å². The van der Waals surface area contributed by atoms with Crippen LogP contribution in [-0.2, 0) is 11.3 Å². The van der Waals surface area contributed by atoms with Crippen LogP contribution in [0.15, 0.2) is 54.6 Å². The van der Waals surface area contributed by atoms with E-state index in [-0.39, 0.29) is 23.3 Å². The van der Waals surface area contributed by atoms with Gasteiger partial charge in [0.05, 0.1) is 17.2 Å². The summed E-state index contributed by atoms with van der Waals surface area (Å²) in [5.41, 5.74) is 3.25. The average Bonchev–Trinajstić information content (AvgIpc) is 2.75. The molecular formula is C23H21Cl2FN2O3. The molecule has 0 aliphatic rings. The van der Waals surface area contributed by atoms with E-state index in [1.165, 1.54) is 19.2 Å². The molecule has 8 heteroatoms. The summed E-state index contributed by atoms with van der Waals surface area (Å²) in [5, 5.41) is 6.24.